The molecule has 0 aromatic carbocycles. The Morgan fingerprint density at radius 1 is 1.32 bits per heavy atom. The van der Waals surface area contributed by atoms with Crippen LogP contribution in [-0.4, -0.2) is 51.5 Å². The normalized spacial score (nSPS) is 10.5. The number of thiazole rings is 1. The number of carbonyl (C=O) groups excluding carboxylic acids is 1. The molecule has 1 heterocycles. The van der Waals surface area contributed by atoms with Gasteiger partial charge in [0.1, 0.15) is 0 Å². The van der Waals surface area contributed by atoms with Crippen molar-refractivity contribution in [2.45, 2.75) is 13.3 Å². The van der Waals surface area contributed by atoms with Crippen molar-refractivity contribution in [1.29, 1.82) is 0 Å². The fraction of sp³-hybridized carbons (Fsp3) is 0.667. The smallest absolute Gasteiger partial charge is 0.357 e. The van der Waals surface area contributed by atoms with Gasteiger partial charge in [-0.3, -0.25) is 0 Å². The molecule has 0 spiro atoms. The van der Waals surface area contributed by atoms with Crippen LogP contribution in [0.15, 0.2) is 0 Å². The summed E-state index contributed by atoms with van der Waals surface area (Å²) in [4.78, 5) is 16.4. The van der Waals surface area contributed by atoms with E-state index in [9.17, 15) is 4.79 Å². The van der Waals surface area contributed by atoms with E-state index in [1.165, 1.54) is 18.4 Å². The summed E-state index contributed by atoms with van der Waals surface area (Å²) in [6, 6.07) is 0. The summed E-state index contributed by atoms with van der Waals surface area (Å²) in [5, 5.41) is 3.90. The predicted octanol–water partition coefficient (Wildman–Crippen LogP) is 1.70. The summed E-state index contributed by atoms with van der Waals surface area (Å²) in [5.41, 5.74) is 0.381. The highest BCUT2D eigenvalue weighted by Crippen LogP contribution is 2.22. The fourth-order valence-electron chi connectivity index (χ4n) is 1.37. The minimum absolute atomic E-state index is 0.381. The van der Waals surface area contributed by atoms with Crippen molar-refractivity contribution in [1.82, 2.24) is 4.98 Å². The first kappa shape index (κ1) is 15.9. The maximum atomic E-state index is 11.4. The largest absolute Gasteiger partial charge is 0.464 e. The van der Waals surface area contributed by atoms with Gasteiger partial charge in [-0.25, -0.2) is 9.78 Å². The number of carbonyl (C=O) groups is 1. The second-order valence-electron chi connectivity index (χ2n) is 3.80. The number of nitrogens with one attached hydrogen (secondary N) is 1. The number of anilines is 1. The molecular weight excluding hydrogens is 268 g/mol. The van der Waals surface area contributed by atoms with E-state index < -0.39 is 5.97 Å². The second-order valence-corrected chi connectivity index (χ2v) is 5.00. The lowest BCUT2D eigenvalue weighted by molar-refractivity contribution is 0.0594. The van der Waals surface area contributed by atoms with Gasteiger partial charge in [0, 0.05) is 25.1 Å². The van der Waals surface area contributed by atoms with Crippen LogP contribution in [0.2, 0.25) is 0 Å². The molecule has 19 heavy (non-hydrogen) atoms. The lowest BCUT2D eigenvalue weighted by Crippen LogP contribution is -2.08. The van der Waals surface area contributed by atoms with Crippen molar-refractivity contribution >= 4 is 22.4 Å². The van der Waals surface area contributed by atoms with E-state index in [1.54, 1.807) is 7.11 Å². The first-order valence-electron chi connectivity index (χ1n) is 6.05. The van der Waals surface area contributed by atoms with E-state index in [2.05, 4.69) is 15.0 Å². The first-order valence-corrected chi connectivity index (χ1v) is 6.87. The maximum Gasteiger partial charge on any atom is 0.357 e. The fourth-order valence-corrected chi connectivity index (χ4v) is 2.20. The highest BCUT2D eigenvalue weighted by molar-refractivity contribution is 7.15. The zero-order chi connectivity index (χ0) is 14.1. The van der Waals surface area contributed by atoms with E-state index in [0.717, 1.165) is 23.0 Å². The molecule has 0 saturated heterocycles. The number of esters is 1. The minimum atomic E-state index is -0.398. The van der Waals surface area contributed by atoms with Gasteiger partial charge in [0.2, 0.25) is 0 Å². The number of hydrogen-bond acceptors (Lipinski definition) is 7. The third-order valence-electron chi connectivity index (χ3n) is 2.35. The number of hydrogen-bond donors (Lipinski definition) is 1. The zero-order valence-corrected chi connectivity index (χ0v) is 12.3. The van der Waals surface area contributed by atoms with Crippen molar-refractivity contribution in [3.05, 3.63) is 10.6 Å². The molecule has 0 radical (unpaired) electrons. The van der Waals surface area contributed by atoms with Crippen molar-refractivity contribution in [2.75, 3.05) is 45.9 Å². The molecule has 0 unspecified atom stereocenters. The lowest BCUT2D eigenvalue weighted by atomic mass is 10.4. The van der Waals surface area contributed by atoms with Gasteiger partial charge >= 0.3 is 5.97 Å². The summed E-state index contributed by atoms with van der Waals surface area (Å²) in [7, 11) is 3.00. The van der Waals surface area contributed by atoms with Crippen LogP contribution in [0.1, 0.15) is 21.8 Å². The van der Waals surface area contributed by atoms with Gasteiger partial charge < -0.3 is 19.5 Å². The van der Waals surface area contributed by atoms with Crippen LogP contribution in [0.25, 0.3) is 0 Å². The molecule has 1 aromatic rings. The van der Waals surface area contributed by atoms with Gasteiger partial charge in [0.05, 0.1) is 20.3 Å². The Hall–Kier alpha value is -1.18. The maximum absolute atomic E-state index is 11.4. The Kier molecular flexibility index (Phi) is 7.39. The van der Waals surface area contributed by atoms with Crippen LogP contribution < -0.4 is 5.32 Å². The van der Waals surface area contributed by atoms with Gasteiger partial charge in [0.25, 0.3) is 0 Å². The molecular formula is C12H20N2O4S. The van der Waals surface area contributed by atoms with Crippen LogP contribution in [0.5, 0.6) is 0 Å². The number of rotatable bonds is 9. The quantitative estimate of drug-likeness (QED) is 0.551. The monoisotopic (exact) mass is 288 g/mol. The summed E-state index contributed by atoms with van der Waals surface area (Å²) in [6.07, 6.45) is 0.871. The molecule has 0 atom stereocenters. The Labute approximate surface area is 117 Å². The van der Waals surface area contributed by atoms with Crippen LogP contribution >= 0.6 is 11.3 Å². The average Bonchev–Trinajstić information content (AvgIpc) is 2.78. The Balaban J connectivity index is 2.25. The molecule has 1 N–H and O–H groups in total. The van der Waals surface area contributed by atoms with Gasteiger partial charge in [-0.2, -0.15) is 0 Å². The van der Waals surface area contributed by atoms with E-state index in [1.807, 2.05) is 6.92 Å². The number of aromatic nitrogens is 1. The molecule has 0 aliphatic heterocycles. The van der Waals surface area contributed by atoms with Crippen molar-refractivity contribution < 1.29 is 19.0 Å². The van der Waals surface area contributed by atoms with Crippen molar-refractivity contribution in [3.63, 3.8) is 0 Å². The van der Waals surface area contributed by atoms with Crippen LogP contribution in [0.3, 0.4) is 0 Å². The van der Waals surface area contributed by atoms with Gasteiger partial charge in [-0.15, -0.1) is 11.3 Å². The molecule has 108 valence electrons. The summed E-state index contributed by atoms with van der Waals surface area (Å²) in [5.74, 6) is -0.398. The Bertz CT molecular complexity index is 395. The highest BCUT2D eigenvalue weighted by Gasteiger charge is 2.15. The molecule has 0 aliphatic carbocycles. The zero-order valence-electron chi connectivity index (χ0n) is 11.5. The molecule has 7 heteroatoms. The minimum Gasteiger partial charge on any atom is -0.464 e. The average molecular weight is 288 g/mol. The molecule has 1 aromatic heterocycles. The first-order chi connectivity index (χ1) is 9.19. The van der Waals surface area contributed by atoms with E-state index in [4.69, 9.17) is 9.47 Å². The Morgan fingerprint density at radius 3 is 2.79 bits per heavy atom. The summed E-state index contributed by atoms with van der Waals surface area (Å²) < 4.78 is 14.9. The topological polar surface area (TPSA) is 69.7 Å². The molecule has 0 bridgehead atoms. The predicted molar refractivity (Wildman–Crippen MR) is 74.0 cm³/mol. The molecule has 0 fully saturated rings. The highest BCUT2D eigenvalue weighted by atomic mass is 32.1. The molecule has 6 nitrogen and oxygen atoms in total. The molecule has 1 rings (SSSR count). The Morgan fingerprint density at radius 2 is 2.11 bits per heavy atom. The lowest BCUT2D eigenvalue weighted by Gasteiger charge is -2.04. The third kappa shape index (κ3) is 5.54. The van der Waals surface area contributed by atoms with Crippen molar-refractivity contribution in [3.8, 4) is 0 Å². The molecule has 0 saturated carbocycles. The summed E-state index contributed by atoms with van der Waals surface area (Å²) >= 11 is 1.45. The van der Waals surface area contributed by atoms with Gasteiger partial charge in [0.15, 0.2) is 10.8 Å². The number of nitrogens with zero attached hydrogens (tertiary/aromatic N) is 1. The summed E-state index contributed by atoms with van der Waals surface area (Å²) in [6.45, 7) is 4.50. The van der Waals surface area contributed by atoms with Crippen molar-refractivity contribution in [2.24, 2.45) is 0 Å². The van der Waals surface area contributed by atoms with Crippen LogP contribution in [0.4, 0.5) is 5.13 Å². The van der Waals surface area contributed by atoms with E-state index >= 15 is 0 Å². The van der Waals surface area contributed by atoms with Gasteiger partial charge in [-0.05, 0) is 13.3 Å². The van der Waals surface area contributed by atoms with Gasteiger partial charge in [-0.1, -0.05) is 0 Å². The van der Waals surface area contributed by atoms with Crippen LogP contribution in [-0.2, 0) is 14.2 Å². The number of methoxy groups -OCH3 is 2. The standard InChI is InChI=1S/C12H20N2O4S/c1-9-10(11(15)17-3)14-12(19-9)13-5-4-6-18-8-7-16-2/h4-8H2,1-3H3,(H,13,14). The third-order valence-corrected chi connectivity index (χ3v) is 3.28. The molecule has 0 amide bonds. The van der Waals surface area contributed by atoms with E-state index in [0.29, 0.717) is 25.5 Å². The molecule has 0 aliphatic rings. The SMILES string of the molecule is COCCOCCCNc1nc(C(=O)OC)c(C)s1. The number of aryl methyl sites for hydroxylation is 1. The second kappa shape index (κ2) is 8.84. The van der Waals surface area contributed by atoms with Crippen LogP contribution in [0, 0.1) is 6.92 Å². The number of ether oxygens (including phenoxy) is 3. The van der Waals surface area contributed by atoms with E-state index in [-0.39, 0.29) is 0 Å².